The zero-order chi connectivity index (χ0) is 19.8. The van der Waals surface area contributed by atoms with Crippen molar-refractivity contribution in [3.8, 4) is 6.07 Å². The van der Waals surface area contributed by atoms with Crippen LogP contribution in [-0.4, -0.2) is 29.4 Å². The molecule has 140 valence electrons. The van der Waals surface area contributed by atoms with E-state index in [9.17, 15) is 10.1 Å². The van der Waals surface area contributed by atoms with Gasteiger partial charge in [-0.15, -0.1) is 0 Å². The van der Waals surface area contributed by atoms with Gasteiger partial charge in [-0.3, -0.25) is 9.78 Å². The van der Waals surface area contributed by atoms with Gasteiger partial charge < -0.3 is 10.2 Å². The standard InChI is InChI=1S/C22H26N4O/c1-14(2)19-7-6-15(8-16(19)10-23)21(27)25-18-9-17-12-26(5)13-22(3,4)20(17)24-11-18/h6-9,11,14H,12-13H2,1-5H3,(H,25,27). The molecule has 0 aliphatic carbocycles. The minimum atomic E-state index is -0.230. The molecule has 1 aromatic carbocycles. The van der Waals surface area contributed by atoms with Crippen LogP contribution in [0, 0.1) is 11.3 Å². The number of carbonyl (C=O) groups excluding carboxylic acids is 1. The van der Waals surface area contributed by atoms with E-state index in [1.165, 1.54) is 0 Å². The Morgan fingerprint density at radius 2 is 2.07 bits per heavy atom. The molecule has 1 aliphatic heterocycles. The summed E-state index contributed by atoms with van der Waals surface area (Å²) >= 11 is 0. The molecule has 2 aromatic rings. The maximum Gasteiger partial charge on any atom is 0.255 e. The van der Waals surface area contributed by atoms with Crippen LogP contribution >= 0.6 is 0 Å². The van der Waals surface area contributed by atoms with Gasteiger partial charge in [0, 0.05) is 24.1 Å². The lowest BCUT2D eigenvalue weighted by molar-refractivity contribution is 0.102. The SMILES string of the molecule is CC(C)c1ccc(C(=O)Nc2cnc3c(c2)CN(C)CC3(C)C)cc1C#N. The lowest BCUT2D eigenvalue weighted by Crippen LogP contribution is -2.40. The van der Waals surface area contributed by atoms with E-state index in [0.717, 1.165) is 29.9 Å². The first-order valence-corrected chi connectivity index (χ1v) is 9.24. The van der Waals surface area contributed by atoms with Crippen LogP contribution in [-0.2, 0) is 12.0 Å². The minimum Gasteiger partial charge on any atom is -0.321 e. The fourth-order valence-corrected chi connectivity index (χ4v) is 3.91. The molecule has 2 heterocycles. The van der Waals surface area contributed by atoms with Crippen LogP contribution in [0.2, 0.25) is 0 Å². The van der Waals surface area contributed by atoms with Crippen molar-refractivity contribution in [2.45, 2.75) is 45.6 Å². The van der Waals surface area contributed by atoms with E-state index >= 15 is 0 Å². The Balaban J connectivity index is 1.85. The fourth-order valence-electron chi connectivity index (χ4n) is 3.91. The summed E-state index contributed by atoms with van der Waals surface area (Å²) in [4.78, 5) is 19.6. The van der Waals surface area contributed by atoms with Crippen LogP contribution in [0.15, 0.2) is 30.5 Å². The number of nitrogens with zero attached hydrogens (tertiary/aromatic N) is 3. The van der Waals surface area contributed by atoms with E-state index in [4.69, 9.17) is 0 Å². The van der Waals surface area contributed by atoms with Gasteiger partial charge in [0.05, 0.1) is 29.2 Å². The largest absolute Gasteiger partial charge is 0.321 e. The first-order chi connectivity index (χ1) is 12.7. The third-order valence-corrected chi connectivity index (χ3v) is 5.03. The van der Waals surface area contributed by atoms with Crippen molar-refractivity contribution in [3.63, 3.8) is 0 Å². The number of carbonyl (C=O) groups is 1. The first kappa shape index (κ1) is 19.1. The molecule has 0 atom stereocenters. The molecular formula is C22H26N4O. The summed E-state index contributed by atoms with van der Waals surface area (Å²) in [6.45, 7) is 10.2. The van der Waals surface area contributed by atoms with Gasteiger partial charge in [0.15, 0.2) is 0 Å². The summed E-state index contributed by atoms with van der Waals surface area (Å²) < 4.78 is 0. The summed E-state index contributed by atoms with van der Waals surface area (Å²) in [6.07, 6.45) is 1.72. The predicted molar refractivity (Wildman–Crippen MR) is 107 cm³/mol. The quantitative estimate of drug-likeness (QED) is 0.894. The average molecular weight is 362 g/mol. The smallest absolute Gasteiger partial charge is 0.255 e. The van der Waals surface area contributed by atoms with Crippen LogP contribution in [0.4, 0.5) is 5.69 Å². The molecule has 0 spiro atoms. The van der Waals surface area contributed by atoms with Crippen molar-refractivity contribution in [1.82, 2.24) is 9.88 Å². The third-order valence-electron chi connectivity index (χ3n) is 5.03. The molecule has 0 bridgehead atoms. The van der Waals surface area contributed by atoms with Crippen molar-refractivity contribution in [2.24, 2.45) is 0 Å². The minimum absolute atomic E-state index is 0.0146. The normalized spacial score (nSPS) is 15.9. The van der Waals surface area contributed by atoms with E-state index in [1.807, 2.05) is 26.0 Å². The number of hydrogen-bond donors (Lipinski definition) is 1. The van der Waals surface area contributed by atoms with Crippen LogP contribution in [0.3, 0.4) is 0 Å². The van der Waals surface area contributed by atoms with E-state index in [2.05, 4.69) is 42.2 Å². The molecule has 5 heteroatoms. The molecule has 0 radical (unpaired) electrons. The number of amides is 1. The molecule has 0 saturated heterocycles. The molecule has 1 aromatic heterocycles. The number of anilines is 1. The fraction of sp³-hybridized carbons (Fsp3) is 0.409. The molecule has 0 unspecified atom stereocenters. The third kappa shape index (κ3) is 3.86. The van der Waals surface area contributed by atoms with Crippen LogP contribution < -0.4 is 5.32 Å². The van der Waals surface area contributed by atoms with Crippen molar-refractivity contribution >= 4 is 11.6 Å². The van der Waals surface area contributed by atoms with Gasteiger partial charge in [-0.2, -0.15) is 5.26 Å². The number of likely N-dealkylation sites (N-methyl/N-ethyl adjacent to an activating group) is 1. The average Bonchev–Trinajstić information content (AvgIpc) is 2.59. The Kier molecular flexibility index (Phi) is 5.03. The Morgan fingerprint density at radius 3 is 2.74 bits per heavy atom. The zero-order valence-electron chi connectivity index (χ0n) is 16.6. The van der Waals surface area contributed by atoms with E-state index in [0.29, 0.717) is 16.8 Å². The second-order valence-electron chi connectivity index (χ2n) is 8.31. The Labute approximate surface area is 161 Å². The number of rotatable bonds is 3. The van der Waals surface area contributed by atoms with E-state index < -0.39 is 0 Å². The maximum absolute atomic E-state index is 12.7. The van der Waals surface area contributed by atoms with Crippen LogP contribution in [0.1, 0.15) is 66.4 Å². The highest BCUT2D eigenvalue weighted by Gasteiger charge is 2.31. The summed E-state index contributed by atoms with van der Waals surface area (Å²) in [7, 11) is 2.09. The van der Waals surface area contributed by atoms with Crippen molar-refractivity contribution in [1.29, 1.82) is 5.26 Å². The number of fused-ring (bicyclic) bond motifs is 1. The van der Waals surface area contributed by atoms with Crippen LogP contribution in [0.5, 0.6) is 0 Å². The number of aromatic nitrogens is 1. The summed E-state index contributed by atoms with van der Waals surface area (Å²) in [5.74, 6) is 0.00827. The summed E-state index contributed by atoms with van der Waals surface area (Å²) in [6, 6.07) is 9.49. The molecule has 0 fully saturated rings. The lowest BCUT2D eigenvalue weighted by atomic mass is 9.82. The second kappa shape index (κ2) is 7.13. The lowest BCUT2D eigenvalue weighted by Gasteiger charge is -2.37. The maximum atomic E-state index is 12.7. The van der Waals surface area contributed by atoms with Gasteiger partial charge in [-0.1, -0.05) is 33.8 Å². The van der Waals surface area contributed by atoms with Gasteiger partial charge in [-0.05, 0) is 42.3 Å². The monoisotopic (exact) mass is 362 g/mol. The van der Waals surface area contributed by atoms with Crippen molar-refractivity contribution in [3.05, 3.63) is 58.4 Å². The Bertz CT molecular complexity index is 924. The number of pyridine rings is 1. The molecule has 5 nitrogen and oxygen atoms in total. The van der Waals surface area contributed by atoms with Crippen molar-refractivity contribution < 1.29 is 4.79 Å². The van der Waals surface area contributed by atoms with E-state index in [1.54, 1.807) is 18.3 Å². The summed E-state index contributed by atoms with van der Waals surface area (Å²) in [5.41, 5.74) is 4.87. The van der Waals surface area contributed by atoms with Gasteiger partial charge in [0.1, 0.15) is 0 Å². The second-order valence-corrected chi connectivity index (χ2v) is 8.31. The van der Waals surface area contributed by atoms with Gasteiger partial charge in [0.2, 0.25) is 0 Å². The Hall–Kier alpha value is -2.71. The molecule has 1 amide bonds. The number of benzene rings is 1. The highest BCUT2D eigenvalue weighted by atomic mass is 16.1. The van der Waals surface area contributed by atoms with Crippen molar-refractivity contribution in [2.75, 3.05) is 18.9 Å². The summed E-state index contributed by atoms with van der Waals surface area (Å²) in [5, 5.41) is 12.3. The molecule has 27 heavy (non-hydrogen) atoms. The number of hydrogen-bond acceptors (Lipinski definition) is 4. The predicted octanol–water partition coefficient (Wildman–Crippen LogP) is 4.05. The first-order valence-electron chi connectivity index (χ1n) is 9.24. The number of nitrogens with one attached hydrogen (secondary N) is 1. The number of nitriles is 1. The van der Waals surface area contributed by atoms with E-state index in [-0.39, 0.29) is 17.2 Å². The van der Waals surface area contributed by atoms with Gasteiger partial charge in [0.25, 0.3) is 5.91 Å². The molecule has 1 aliphatic rings. The zero-order valence-corrected chi connectivity index (χ0v) is 16.6. The molecule has 0 saturated carbocycles. The van der Waals surface area contributed by atoms with Gasteiger partial charge >= 0.3 is 0 Å². The Morgan fingerprint density at radius 1 is 1.33 bits per heavy atom. The highest BCUT2D eigenvalue weighted by molar-refractivity contribution is 6.04. The topological polar surface area (TPSA) is 69.0 Å². The van der Waals surface area contributed by atoms with Crippen LogP contribution in [0.25, 0.3) is 0 Å². The molecule has 3 rings (SSSR count). The molecular weight excluding hydrogens is 336 g/mol. The van der Waals surface area contributed by atoms with Gasteiger partial charge in [-0.25, -0.2) is 0 Å². The highest BCUT2D eigenvalue weighted by Crippen LogP contribution is 2.32. The molecule has 1 N–H and O–H groups in total.